The van der Waals surface area contributed by atoms with Gasteiger partial charge in [-0.15, -0.1) is 0 Å². The van der Waals surface area contributed by atoms with Crippen molar-refractivity contribution >= 4 is 8.93 Å². The van der Waals surface area contributed by atoms with Crippen molar-refractivity contribution < 1.29 is 9.26 Å². The van der Waals surface area contributed by atoms with Gasteiger partial charge in [-0.1, -0.05) is 0 Å². The van der Waals surface area contributed by atoms with Crippen LogP contribution in [-0.2, 0) is 4.46 Å². The van der Waals surface area contributed by atoms with Gasteiger partial charge in [-0.05, 0) is 6.55 Å². The van der Waals surface area contributed by atoms with E-state index in [0.29, 0.717) is 0 Å². The Hall–Kier alpha value is -0.183. The quantitative estimate of drug-likeness (QED) is 0.343. The van der Waals surface area contributed by atoms with Crippen LogP contribution in [0.25, 0.3) is 0 Å². The largest absolute Gasteiger partial charge is 0.588 e. The molecule has 0 aromatic rings. The maximum Gasteiger partial charge on any atom is 0.140 e. The van der Waals surface area contributed by atoms with E-state index in [1.54, 1.807) is 0 Å². The Bertz CT molecular complexity index is 29.0. The summed E-state index contributed by atoms with van der Waals surface area (Å²) in [5, 5.41) is 0. The van der Waals surface area contributed by atoms with Crippen molar-refractivity contribution in [1.29, 1.82) is 0 Å². The molecule has 0 radical (unpaired) electrons. The van der Waals surface area contributed by atoms with E-state index >= 15 is 0 Å². The molecule has 3 heteroatoms. The third-order valence-electron chi connectivity index (χ3n) is 0. The molecule has 0 heterocycles. The minimum absolute atomic E-state index is 1.16. The molecule has 0 aromatic carbocycles. The average Bonchev–Trinajstić information content (AvgIpc) is 0.811. The van der Waals surface area contributed by atoms with Gasteiger partial charge in [0.15, 0.2) is 0 Å². The topological polar surface area (TPSA) is 40.1 Å². The van der Waals surface area contributed by atoms with Gasteiger partial charge in [-0.2, -0.15) is 0 Å². The summed E-state index contributed by atoms with van der Waals surface area (Å²) in [5.74, 6) is 0. The zero-order valence-corrected chi connectivity index (χ0v) is 3.32. The van der Waals surface area contributed by atoms with Crippen LogP contribution in [-0.4, -0.2) is 8.93 Å². The molecule has 0 saturated heterocycles. The van der Waals surface area contributed by atoms with E-state index in [2.05, 4.69) is 0 Å². The van der Waals surface area contributed by atoms with Crippen LogP contribution in [0.15, 0.2) is 0 Å². The van der Waals surface area contributed by atoms with Gasteiger partial charge in [0.05, 0.1) is 0 Å². The second-order valence-electron chi connectivity index (χ2n) is 0.492. The molecule has 0 unspecified atom stereocenters. The fourth-order valence-electron chi connectivity index (χ4n) is 0. The Labute approximate surface area is 25.9 Å². The normalized spacial score (nSPS) is 6.25. The Morgan fingerprint density at radius 2 is 2.00 bits per heavy atom. The van der Waals surface area contributed by atoms with E-state index in [1.165, 1.54) is 0 Å². The summed E-state index contributed by atoms with van der Waals surface area (Å²) >= 11 is 0. The summed E-state index contributed by atoms with van der Waals surface area (Å²) in [7, 11) is -2.38. The highest BCUT2D eigenvalue weighted by atomic mass is 28.3. The molecule has 0 fully saturated rings. The molecule has 4 heavy (non-hydrogen) atoms. The Balaban J connectivity index is 2.80. The fraction of sp³-hybridized carbons (Fsp3) is 1.00. The first-order valence-corrected chi connectivity index (χ1v) is 2.72. The van der Waals surface area contributed by atoms with Crippen LogP contribution in [0.4, 0.5) is 0 Å². The van der Waals surface area contributed by atoms with E-state index in [9.17, 15) is 0 Å². The van der Waals surface area contributed by atoms with Crippen molar-refractivity contribution in [3.05, 3.63) is 0 Å². The van der Waals surface area contributed by atoms with Crippen LogP contribution in [0.3, 0.4) is 0 Å². The van der Waals surface area contributed by atoms with Gasteiger partial charge in [0.1, 0.15) is 8.93 Å². The Kier molecular flexibility index (Phi) is 1.12. The summed E-state index contributed by atoms with van der Waals surface area (Å²) in [6.45, 7) is 1.16. The highest BCUT2D eigenvalue weighted by Crippen LogP contribution is 1.30. The van der Waals surface area contributed by atoms with Gasteiger partial charge in [0.25, 0.3) is 0 Å². The van der Waals surface area contributed by atoms with Crippen LogP contribution in [0.2, 0.25) is 6.55 Å². The van der Waals surface area contributed by atoms with Crippen molar-refractivity contribution in [2.75, 3.05) is 0 Å². The van der Waals surface area contributed by atoms with Crippen molar-refractivity contribution in [3.63, 3.8) is 0 Å². The lowest BCUT2D eigenvalue weighted by Crippen LogP contribution is -2.12. The smallest absolute Gasteiger partial charge is 0.140 e. The first kappa shape index (κ1) is 3.82. The van der Waals surface area contributed by atoms with E-state index in [0.717, 1.165) is 6.55 Å². The third-order valence-corrected chi connectivity index (χ3v) is 0. The molecule has 0 aliphatic rings. The van der Waals surface area contributed by atoms with Crippen LogP contribution in [0.1, 0.15) is 0 Å². The number of rotatable bonds is 0. The highest BCUT2D eigenvalue weighted by Gasteiger charge is 1.51. The number of hydrogen-bond donors (Lipinski definition) is 0. The first-order valence-electron chi connectivity index (χ1n) is 0.908. The molecule has 0 aromatic heterocycles. The maximum atomic E-state index is 9.07. The summed E-state index contributed by atoms with van der Waals surface area (Å²) in [6.07, 6.45) is 0. The number of hydrogen-bond acceptors (Lipinski definition) is 2. The molecule has 0 rings (SSSR count). The zero-order valence-electron chi connectivity index (χ0n) is 2.32. The fourth-order valence-corrected chi connectivity index (χ4v) is 0. The second kappa shape index (κ2) is 1.17. The molecule has 0 amide bonds. The maximum absolute atomic E-state index is 9.07. The van der Waals surface area contributed by atoms with Crippen LogP contribution in [0.5, 0.6) is 0 Å². The second-order valence-corrected chi connectivity index (χ2v) is 1.47. The summed E-state index contributed by atoms with van der Waals surface area (Å²) in [4.78, 5) is 9.07. The molecule has 0 aliphatic carbocycles. The minimum Gasteiger partial charge on any atom is -0.588 e. The predicted molar refractivity (Wildman–Crippen MR) is 12.3 cm³/mol. The van der Waals surface area contributed by atoms with E-state index in [-0.39, 0.29) is 0 Å². The molecule has 0 bridgehead atoms. The van der Waals surface area contributed by atoms with Crippen LogP contribution < -0.4 is 4.80 Å². The van der Waals surface area contributed by atoms with Gasteiger partial charge < -0.3 is 9.26 Å². The summed E-state index contributed by atoms with van der Waals surface area (Å²) in [5.41, 5.74) is 0. The van der Waals surface area contributed by atoms with E-state index in [4.69, 9.17) is 9.26 Å². The molecule has 0 spiro atoms. The van der Waals surface area contributed by atoms with Crippen LogP contribution >= 0.6 is 0 Å². The van der Waals surface area contributed by atoms with Gasteiger partial charge in [0.2, 0.25) is 0 Å². The molecule has 2 nitrogen and oxygen atoms in total. The first-order chi connectivity index (χ1) is 1.73. The lowest BCUT2D eigenvalue weighted by atomic mass is 11.9. The molecular formula is CH3O2Si-. The molecule has 0 N–H and O–H groups in total. The lowest BCUT2D eigenvalue weighted by Gasteiger charge is -1.74. The standard InChI is InChI=1S/CH3O2Si/c1-4(2)3/h1H3/q-1. The summed E-state index contributed by atoms with van der Waals surface area (Å²) in [6, 6.07) is 0. The van der Waals surface area contributed by atoms with Crippen molar-refractivity contribution in [1.82, 2.24) is 0 Å². The average molecular weight is 75.1 g/mol. The van der Waals surface area contributed by atoms with Gasteiger partial charge >= 0.3 is 0 Å². The van der Waals surface area contributed by atoms with Crippen molar-refractivity contribution in [2.45, 2.75) is 6.55 Å². The van der Waals surface area contributed by atoms with Crippen molar-refractivity contribution in [3.8, 4) is 0 Å². The van der Waals surface area contributed by atoms with Gasteiger partial charge in [-0.3, -0.25) is 0 Å². The third kappa shape index (κ3) is 36.2. The molecule has 0 saturated carbocycles. The minimum atomic E-state index is -2.38. The molecule has 0 aliphatic heterocycles. The Morgan fingerprint density at radius 1 is 2.00 bits per heavy atom. The Morgan fingerprint density at radius 3 is 2.00 bits per heavy atom. The van der Waals surface area contributed by atoms with Gasteiger partial charge in [0, 0.05) is 0 Å². The van der Waals surface area contributed by atoms with Crippen molar-refractivity contribution in [2.24, 2.45) is 0 Å². The SMILES string of the molecule is C[Si](=O)[O-]. The molecule has 0 atom stereocenters. The molecule has 24 valence electrons. The van der Waals surface area contributed by atoms with Crippen LogP contribution in [0, 0.1) is 0 Å². The predicted octanol–water partition coefficient (Wildman–Crippen LogP) is -1.10. The van der Waals surface area contributed by atoms with E-state index < -0.39 is 8.93 Å². The zero-order chi connectivity index (χ0) is 3.58. The molecular weight excluding hydrogens is 72.1 g/mol. The lowest BCUT2D eigenvalue weighted by molar-refractivity contribution is -0.198. The van der Waals surface area contributed by atoms with E-state index in [1.807, 2.05) is 0 Å². The summed E-state index contributed by atoms with van der Waals surface area (Å²) < 4.78 is 9.07. The monoisotopic (exact) mass is 75.0 g/mol. The highest BCUT2D eigenvalue weighted by molar-refractivity contribution is 6.28. The van der Waals surface area contributed by atoms with Gasteiger partial charge in [-0.25, -0.2) is 0 Å².